The summed E-state index contributed by atoms with van der Waals surface area (Å²) in [6.07, 6.45) is 2.47. The molecule has 1 atom stereocenters. The van der Waals surface area contributed by atoms with Crippen LogP contribution in [0.2, 0.25) is 0 Å². The molecule has 0 aromatic heterocycles. The van der Waals surface area contributed by atoms with Gasteiger partial charge in [-0.3, -0.25) is 0 Å². The largest absolute Gasteiger partial charge is 0.207 e. The van der Waals surface area contributed by atoms with Crippen molar-refractivity contribution >= 4 is 0 Å². The highest BCUT2D eigenvalue weighted by atomic mass is 19.1. The third-order valence-electron chi connectivity index (χ3n) is 4.16. The zero-order valence-electron chi connectivity index (χ0n) is 15.5. The Morgan fingerprint density at radius 1 is 0.826 bits per heavy atom. The van der Waals surface area contributed by atoms with Crippen LogP contribution in [0.25, 0.3) is 11.1 Å². The first-order chi connectivity index (χ1) is 11.0. The van der Waals surface area contributed by atoms with Crippen LogP contribution in [0.5, 0.6) is 0 Å². The molecule has 0 heterocycles. The molecule has 23 heavy (non-hydrogen) atoms. The molecule has 1 heteroatoms. The first-order valence-corrected chi connectivity index (χ1v) is 8.84. The van der Waals surface area contributed by atoms with Gasteiger partial charge in [-0.05, 0) is 53.5 Å². The molecular formula is C22H31F. The van der Waals surface area contributed by atoms with Gasteiger partial charge in [0.2, 0.25) is 0 Å². The second kappa shape index (κ2) is 9.50. The lowest BCUT2D eigenvalue weighted by Gasteiger charge is -2.14. The van der Waals surface area contributed by atoms with Crippen LogP contribution in [0.15, 0.2) is 42.5 Å². The lowest BCUT2D eigenvalue weighted by atomic mass is 9.91. The number of aryl methyl sites for hydroxylation is 1. The lowest BCUT2D eigenvalue weighted by molar-refractivity contribution is 0.517. The highest BCUT2D eigenvalue weighted by molar-refractivity contribution is 5.64. The molecule has 0 aliphatic rings. The number of halogens is 1. The van der Waals surface area contributed by atoms with E-state index in [1.165, 1.54) is 18.4 Å². The number of hydrogen-bond donors (Lipinski definition) is 0. The monoisotopic (exact) mass is 314 g/mol. The summed E-state index contributed by atoms with van der Waals surface area (Å²) >= 11 is 0. The molecule has 0 aliphatic carbocycles. The maximum atomic E-state index is 13.6. The van der Waals surface area contributed by atoms with E-state index < -0.39 is 0 Å². The fraction of sp³-hybridized carbons (Fsp3) is 0.455. The van der Waals surface area contributed by atoms with Crippen LogP contribution in [0.3, 0.4) is 0 Å². The van der Waals surface area contributed by atoms with Crippen LogP contribution in [0.1, 0.15) is 64.5 Å². The molecule has 0 amide bonds. The maximum absolute atomic E-state index is 13.6. The summed E-state index contributed by atoms with van der Waals surface area (Å²) in [4.78, 5) is 0. The average Bonchev–Trinajstić information content (AvgIpc) is 2.57. The summed E-state index contributed by atoms with van der Waals surface area (Å²) in [5, 5.41) is 0. The Labute approximate surface area is 141 Å². The Bertz CT molecular complexity index is 581. The Morgan fingerprint density at radius 2 is 1.39 bits per heavy atom. The van der Waals surface area contributed by atoms with E-state index in [9.17, 15) is 4.39 Å². The molecule has 0 fully saturated rings. The molecule has 126 valence electrons. The Kier molecular flexibility index (Phi) is 8.02. The molecule has 2 aromatic rings. The molecule has 2 rings (SSSR count). The van der Waals surface area contributed by atoms with E-state index in [0.717, 1.165) is 17.0 Å². The smallest absolute Gasteiger partial charge is 0.126 e. The Morgan fingerprint density at radius 3 is 1.91 bits per heavy atom. The predicted molar refractivity (Wildman–Crippen MR) is 100 cm³/mol. The summed E-state index contributed by atoms with van der Waals surface area (Å²) in [7, 11) is 0. The first-order valence-electron chi connectivity index (χ1n) is 8.84. The zero-order chi connectivity index (χ0) is 17.4. The van der Waals surface area contributed by atoms with Gasteiger partial charge >= 0.3 is 0 Å². The van der Waals surface area contributed by atoms with E-state index >= 15 is 0 Å². The van der Waals surface area contributed by atoms with Gasteiger partial charge in [0, 0.05) is 0 Å². The van der Waals surface area contributed by atoms with Crippen molar-refractivity contribution < 1.29 is 4.39 Å². The van der Waals surface area contributed by atoms with E-state index in [1.807, 2.05) is 26.0 Å². The number of rotatable bonds is 5. The summed E-state index contributed by atoms with van der Waals surface area (Å²) in [6, 6.07) is 14.0. The predicted octanol–water partition coefficient (Wildman–Crippen LogP) is 7.37. The van der Waals surface area contributed by atoms with Crippen LogP contribution in [0.4, 0.5) is 4.39 Å². The van der Waals surface area contributed by atoms with Crippen LogP contribution in [-0.2, 0) is 0 Å². The number of benzene rings is 2. The van der Waals surface area contributed by atoms with E-state index in [0.29, 0.717) is 11.5 Å². The normalized spacial score (nSPS) is 11.8. The molecule has 2 aromatic carbocycles. The van der Waals surface area contributed by atoms with Crippen LogP contribution < -0.4 is 0 Å². The zero-order valence-corrected chi connectivity index (χ0v) is 15.5. The van der Waals surface area contributed by atoms with E-state index in [2.05, 4.69) is 45.0 Å². The summed E-state index contributed by atoms with van der Waals surface area (Å²) in [5.41, 5.74) is 4.08. The van der Waals surface area contributed by atoms with Gasteiger partial charge in [-0.25, -0.2) is 4.39 Å². The van der Waals surface area contributed by atoms with Gasteiger partial charge < -0.3 is 0 Å². The van der Waals surface area contributed by atoms with Gasteiger partial charge in [-0.1, -0.05) is 77.4 Å². The van der Waals surface area contributed by atoms with Gasteiger partial charge in [0.1, 0.15) is 5.82 Å². The van der Waals surface area contributed by atoms with E-state index in [-0.39, 0.29) is 5.82 Å². The molecule has 0 aliphatic heterocycles. The molecular weight excluding hydrogens is 283 g/mol. The van der Waals surface area contributed by atoms with E-state index in [1.54, 1.807) is 13.0 Å². The van der Waals surface area contributed by atoms with Crippen molar-refractivity contribution in [3.63, 3.8) is 0 Å². The molecule has 0 saturated carbocycles. The Balaban J connectivity index is 0.00000127. The van der Waals surface area contributed by atoms with Crippen LogP contribution >= 0.6 is 0 Å². The molecule has 0 saturated heterocycles. The fourth-order valence-electron chi connectivity index (χ4n) is 2.53. The SMILES string of the molecule is CC.Cc1ccc(-c2ccc(C(C)CCC(C)C)cc2)cc1F. The molecule has 0 N–H and O–H groups in total. The minimum atomic E-state index is -0.137. The summed E-state index contributed by atoms with van der Waals surface area (Å²) < 4.78 is 13.6. The second-order valence-electron chi connectivity index (χ2n) is 6.46. The minimum Gasteiger partial charge on any atom is -0.207 e. The molecule has 0 nitrogen and oxygen atoms in total. The van der Waals surface area contributed by atoms with Crippen molar-refractivity contribution in [1.82, 2.24) is 0 Å². The van der Waals surface area contributed by atoms with Crippen molar-refractivity contribution in [3.05, 3.63) is 59.4 Å². The maximum Gasteiger partial charge on any atom is 0.126 e. The second-order valence-corrected chi connectivity index (χ2v) is 6.46. The van der Waals surface area contributed by atoms with Crippen molar-refractivity contribution in [2.75, 3.05) is 0 Å². The molecule has 0 bridgehead atoms. The van der Waals surface area contributed by atoms with E-state index in [4.69, 9.17) is 0 Å². The highest BCUT2D eigenvalue weighted by Gasteiger charge is 2.08. The summed E-state index contributed by atoms with van der Waals surface area (Å²) in [5.74, 6) is 1.19. The molecule has 1 unspecified atom stereocenters. The van der Waals surface area contributed by atoms with Gasteiger partial charge in [-0.2, -0.15) is 0 Å². The third kappa shape index (κ3) is 5.82. The highest BCUT2D eigenvalue weighted by Crippen LogP contribution is 2.27. The topological polar surface area (TPSA) is 0 Å². The van der Waals surface area contributed by atoms with Crippen LogP contribution in [0, 0.1) is 18.7 Å². The third-order valence-corrected chi connectivity index (χ3v) is 4.16. The van der Waals surface area contributed by atoms with Crippen molar-refractivity contribution in [3.8, 4) is 11.1 Å². The van der Waals surface area contributed by atoms with Gasteiger partial charge in [0.15, 0.2) is 0 Å². The van der Waals surface area contributed by atoms with Gasteiger partial charge in [0.05, 0.1) is 0 Å². The Hall–Kier alpha value is -1.63. The fourth-order valence-corrected chi connectivity index (χ4v) is 2.53. The van der Waals surface area contributed by atoms with Gasteiger partial charge in [-0.15, -0.1) is 0 Å². The van der Waals surface area contributed by atoms with Crippen molar-refractivity contribution in [1.29, 1.82) is 0 Å². The lowest BCUT2D eigenvalue weighted by Crippen LogP contribution is -1.97. The average molecular weight is 314 g/mol. The first kappa shape index (κ1) is 19.4. The van der Waals surface area contributed by atoms with Crippen molar-refractivity contribution in [2.24, 2.45) is 5.92 Å². The van der Waals surface area contributed by atoms with Crippen molar-refractivity contribution in [2.45, 2.75) is 60.3 Å². The number of hydrogen-bond acceptors (Lipinski definition) is 0. The minimum absolute atomic E-state index is 0.137. The van der Waals surface area contributed by atoms with Gasteiger partial charge in [0.25, 0.3) is 0 Å². The molecule has 0 radical (unpaired) electrons. The standard InChI is InChI=1S/C20H25F.C2H6/c1-14(2)5-6-15(3)17-9-11-18(12-10-17)19-8-7-16(4)20(21)13-19;1-2/h7-15H,5-6H2,1-4H3;1-2H3. The quantitative estimate of drug-likeness (QED) is 0.540. The molecule has 0 spiro atoms. The van der Waals surface area contributed by atoms with Crippen LogP contribution in [-0.4, -0.2) is 0 Å². The summed E-state index contributed by atoms with van der Waals surface area (Å²) in [6.45, 7) is 12.6.